The van der Waals surface area contributed by atoms with Crippen molar-refractivity contribution in [2.24, 2.45) is 0 Å². The third-order valence-corrected chi connectivity index (χ3v) is 2.28. The van der Waals surface area contributed by atoms with E-state index in [1.807, 2.05) is 0 Å². The summed E-state index contributed by atoms with van der Waals surface area (Å²) < 4.78 is 15.8. The Balaban J connectivity index is 2.11. The first-order valence-electron chi connectivity index (χ1n) is 4.33. The standard InChI is InChI=1S/C8H14O5/c1-8(2)12-4-3-11-7(10)5(9)6(4)13-8/h4-7,9-10H,3H2,1-2H3/t4-,5?,6?,7+/m0/s1. The zero-order chi connectivity index (χ0) is 9.64. The van der Waals surface area contributed by atoms with Gasteiger partial charge >= 0.3 is 0 Å². The van der Waals surface area contributed by atoms with E-state index in [0.717, 1.165) is 0 Å². The van der Waals surface area contributed by atoms with Crippen LogP contribution in [0, 0.1) is 0 Å². The van der Waals surface area contributed by atoms with Crippen LogP contribution < -0.4 is 0 Å². The highest BCUT2D eigenvalue weighted by Crippen LogP contribution is 2.33. The van der Waals surface area contributed by atoms with Gasteiger partial charge in [-0.25, -0.2) is 0 Å². The molecule has 4 atom stereocenters. The zero-order valence-corrected chi connectivity index (χ0v) is 7.64. The van der Waals surface area contributed by atoms with Gasteiger partial charge in [0.2, 0.25) is 0 Å². The third kappa shape index (κ3) is 1.58. The Morgan fingerprint density at radius 2 is 1.92 bits per heavy atom. The molecule has 2 heterocycles. The van der Waals surface area contributed by atoms with Gasteiger partial charge in [-0.2, -0.15) is 0 Å². The summed E-state index contributed by atoms with van der Waals surface area (Å²) in [7, 11) is 0. The van der Waals surface area contributed by atoms with Gasteiger partial charge in [-0.15, -0.1) is 0 Å². The Morgan fingerprint density at radius 3 is 2.62 bits per heavy atom. The molecule has 2 N–H and O–H groups in total. The molecule has 2 unspecified atom stereocenters. The smallest absolute Gasteiger partial charge is 0.183 e. The Labute approximate surface area is 76.2 Å². The second-order valence-electron chi connectivity index (χ2n) is 3.85. The van der Waals surface area contributed by atoms with Crippen molar-refractivity contribution in [1.82, 2.24) is 0 Å². The topological polar surface area (TPSA) is 68.2 Å². The van der Waals surface area contributed by atoms with E-state index in [9.17, 15) is 10.2 Å². The van der Waals surface area contributed by atoms with Crippen molar-refractivity contribution < 1.29 is 24.4 Å². The molecule has 5 nitrogen and oxygen atoms in total. The van der Waals surface area contributed by atoms with Crippen LogP contribution in [0.15, 0.2) is 0 Å². The summed E-state index contributed by atoms with van der Waals surface area (Å²) in [6.07, 6.45) is -2.97. The molecule has 0 amide bonds. The quantitative estimate of drug-likeness (QED) is 0.524. The number of aliphatic hydroxyl groups is 2. The van der Waals surface area contributed by atoms with Crippen LogP contribution in [-0.4, -0.2) is 47.2 Å². The predicted molar refractivity (Wildman–Crippen MR) is 41.8 cm³/mol. The van der Waals surface area contributed by atoms with E-state index < -0.39 is 24.3 Å². The Kier molecular flexibility index (Phi) is 2.08. The van der Waals surface area contributed by atoms with Gasteiger partial charge in [-0.3, -0.25) is 0 Å². The normalized spacial score (nSPS) is 48.9. The molecular weight excluding hydrogens is 176 g/mol. The molecule has 0 radical (unpaired) electrons. The van der Waals surface area contributed by atoms with Crippen molar-refractivity contribution in [1.29, 1.82) is 0 Å². The second kappa shape index (κ2) is 2.90. The number of hydrogen-bond donors (Lipinski definition) is 2. The second-order valence-corrected chi connectivity index (χ2v) is 3.85. The van der Waals surface area contributed by atoms with Gasteiger partial charge in [0, 0.05) is 0 Å². The average molecular weight is 190 g/mol. The molecule has 2 aliphatic heterocycles. The number of hydrogen-bond acceptors (Lipinski definition) is 5. The SMILES string of the molecule is CC1(C)OC2C(O)[C@H](O)OC[C@@H]2O1. The first-order chi connectivity index (χ1) is 5.99. The maximum atomic E-state index is 9.50. The highest BCUT2D eigenvalue weighted by molar-refractivity contribution is 4.90. The highest BCUT2D eigenvalue weighted by Gasteiger charge is 2.50. The molecule has 5 heteroatoms. The number of fused-ring (bicyclic) bond motifs is 1. The van der Waals surface area contributed by atoms with Crippen molar-refractivity contribution >= 4 is 0 Å². The molecule has 0 bridgehead atoms. The van der Waals surface area contributed by atoms with Gasteiger partial charge in [-0.05, 0) is 13.8 Å². The summed E-state index contributed by atoms with van der Waals surface area (Å²) >= 11 is 0. The lowest BCUT2D eigenvalue weighted by atomic mass is 10.1. The average Bonchev–Trinajstić information content (AvgIpc) is 2.34. The minimum Gasteiger partial charge on any atom is -0.385 e. The van der Waals surface area contributed by atoms with E-state index >= 15 is 0 Å². The van der Waals surface area contributed by atoms with E-state index in [-0.39, 0.29) is 12.7 Å². The number of rotatable bonds is 0. The maximum Gasteiger partial charge on any atom is 0.183 e. The molecule has 13 heavy (non-hydrogen) atoms. The number of ether oxygens (including phenoxy) is 3. The van der Waals surface area contributed by atoms with Gasteiger partial charge in [0.05, 0.1) is 6.61 Å². The summed E-state index contributed by atoms with van der Waals surface area (Å²) in [6.45, 7) is 3.79. The van der Waals surface area contributed by atoms with E-state index in [1.54, 1.807) is 13.8 Å². The van der Waals surface area contributed by atoms with Crippen molar-refractivity contribution in [2.45, 2.75) is 44.2 Å². The summed E-state index contributed by atoms with van der Waals surface area (Å²) in [4.78, 5) is 0. The van der Waals surface area contributed by atoms with Crippen molar-refractivity contribution in [3.63, 3.8) is 0 Å². The van der Waals surface area contributed by atoms with Crippen LogP contribution in [0.1, 0.15) is 13.8 Å². The van der Waals surface area contributed by atoms with Gasteiger partial charge in [-0.1, -0.05) is 0 Å². The summed E-state index contributed by atoms with van der Waals surface area (Å²) in [5.41, 5.74) is 0. The van der Waals surface area contributed by atoms with Crippen LogP contribution in [-0.2, 0) is 14.2 Å². The summed E-state index contributed by atoms with van der Waals surface area (Å²) in [6, 6.07) is 0. The largest absolute Gasteiger partial charge is 0.385 e. The van der Waals surface area contributed by atoms with Crippen LogP contribution in [0.5, 0.6) is 0 Å². The minimum absolute atomic E-state index is 0.256. The zero-order valence-electron chi connectivity index (χ0n) is 7.64. The first kappa shape index (κ1) is 9.36. The van der Waals surface area contributed by atoms with Gasteiger partial charge in [0.1, 0.15) is 18.3 Å². The molecule has 2 aliphatic rings. The molecule has 0 aromatic heterocycles. The number of aliphatic hydroxyl groups excluding tert-OH is 2. The molecule has 76 valence electrons. The van der Waals surface area contributed by atoms with Crippen LogP contribution >= 0.6 is 0 Å². The summed E-state index contributed by atoms with van der Waals surface area (Å²) in [5.74, 6) is -0.705. The predicted octanol–water partition coefficient (Wildman–Crippen LogP) is -0.784. The van der Waals surface area contributed by atoms with Crippen molar-refractivity contribution in [3.8, 4) is 0 Å². The van der Waals surface area contributed by atoms with E-state index in [0.29, 0.717) is 0 Å². The summed E-state index contributed by atoms with van der Waals surface area (Å²) in [5, 5.41) is 18.7. The molecule has 2 saturated heterocycles. The molecule has 0 aromatic rings. The first-order valence-corrected chi connectivity index (χ1v) is 4.33. The fourth-order valence-corrected chi connectivity index (χ4v) is 1.74. The Morgan fingerprint density at radius 1 is 1.23 bits per heavy atom. The Hall–Kier alpha value is -0.200. The van der Waals surface area contributed by atoms with Crippen molar-refractivity contribution in [3.05, 3.63) is 0 Å². The van der Waals surface area contributed by atoms with Crippen LogP contribution in [0.25, 0.3) is 0 Å². The molecule has 2 fully saturated rings. The van der Waals surface area contributed by atoms with Gasteiger partial charge in [0.15, 0.2) is 12.1 Å². The monoisotopic (exact) mass is 190 g/mol. The lowest BCUT2D eigenvalue weighted by Gasteiger charge is -2.31. The van der Waals surface area contributed by atoms with Gasteiger partial charge < -0.3 is 24.4 Å². The van der Waals surface area contributed by atoms with E-state index in [4.69, 9.17) is 14.2 Å². The van der Waals surface area contributed by atoms with E-state index in [1.165, 1.54) is 0 Å². The van der Waals surface area contributed by atoms with Crippen LogP contribution in [0.4, 0.5) is 0 Å². The minimum atomic E-state index is -1.17. The lowest BCUT2D eigenvalue weighted by Crippen LogP contribution is -2.51. The molecule has 0 aromatic carbocycles. The molecular formula is C8H14O5. The highest BCUT2D eigenvalue weighted by atomic mass is 16.8. The molecule has 2 rings (SSSR count). The van der Waals surface area contributed by atoms with Crippen LogP contribution in [0.3, 0.4) is 0 Å². The van der Waals surface area contributed by atoms with E-state index in [2.05, 4.69) is 0 Å². The Bertz CT molecular complexity index is 205. The van der Waals surface area contributed by atoms with Crippen LogP contribution in [0.2, 0.25) is 0 Å². The third-order valence-electron chi connectivity index (χ3n) is 2.28. The fraction of sp³-hybridized carbons (Fsp3) is 1.00. The lowest BCUT2D eigenvalue weighted by molar-refractivity contribution is -0.230. The molecule has 0 aliphatic carbocycles. The van der Waals surface area contributed by atoms with Gasteiger partial charge in [0.25, 0.3) is 0 Å². The maximum absolute atomic E-state index is 9.50. The van der Waals surface area contributed by atoms with Crippen molar-refractivity contribution in [2.75, 3.05) is 6.61 Å². The fourth-order valence-electron chi connectivity index (χ4n) is 1.74. The molecule has 0 saturated carbocycles. The molecule has 0 spiro atoms.